The normalized spacial score (nSPS) is 11.3. The van der Waals surface area contributed by atoms with Crippen LogP contribution in [-0.4, -0.2) is 13.4 Å². The van der Waals surface area contributed by atoms with E-state index < -0.39 is 15.8 Å². The number of nitrogens with two attached hydrogens (primary N) is 1. The van der Waals surface area contributed by atoms with Crippen LogP contribution in [0.2, 0.25) is 0 Å². The highest BCUT2D eigenvalue weighted by molar-refractivity contribution is 7.92. The van der Waals surface area contributed by atoms with Crippen LogP contribution in [0, 0.1) is 12.7 Å². The second kappa shape index (κ2) is 4.85. The number of pyridine rings is 1. The van der Waals surface area contributed by atoms with E-state index in [1.165, 1.54) is 25.3 Å². The van der Waals surface area contributed by atoms with Crippen molar-refractivity contribution in [2.24, 2.45) is 0 Å². The average molecular weight is 281 g/mol. The smallest absolute Gasteiger partial charge is 0.263 e. The summed E-state index contributed by atoms with van der Waals surface area (Å²) in [5.74, 6) is -0.508. The van der Waals surface area contributed by atoms with E-state index in [0.717, 1.165) is 6.07 Å². The number of rotatable bonds is 3. The average Bonchev–Trinajstić information content (AvgIpc) is 2.34. The Bertz CT molecular complexity index is 702. The van der Waals surface area contributed by atoms with Crippen molar-refractivity contribution in [3.05, 3.63) is 47.9 Å². The lowest BCUT2D eigenvalue weighted by molar-refractivity contribution is 0.591. The van der Waals surface area contributed by atoms with E-state index in [4.69, 9.17) is 5.73 Å². The van der Waals surface area contributed by atoms with Crippen molar-refractivity contribution in [3.8, 4) is 0 Å². The third-order valence-corrected chi connectivity index (χ3v) is 3.99. The van der Waals surface area contributed by atoms with Crippen LogP contribution in [0.25, 0.3) is 0 Å². The van der Waals surface area contributed by atoms with Gasteiger partial charge < -0.3 is 5.73 Å². The number of nitrogens with zero attached hydrogens (tertiary/aromatic N) is 1. The minimum absolute atomic E-state index is 0.0117. The summed E-state index contributed by atoms with van der Waals surface area (Å²) in [6.07, 6.45) is 1.45. The van der Waals surface area contributed by atoms with Crippen LogP contribution < -0.4 is 10.5 Å². The number of halogens is 1. The number of hydrogen-bond acceptors (Lipinski definition) is 4. The van der Waals surface area contributed by atoms with E-state index in [-0.39, 0.29) is 22.0 Å². The fourth-order valence-electron chi connectivity index (χ4n) is 1.57. The lowest BCUT2D eigenvalue weighted by Gasteiger charge is -2.11. The Morgan fingerprint density at radius 3 is 2.68 bits per heavy atom. The summed E-state index contributed by atoms with van der Waals surface area (Å²) in [6.45, 7) is 1.38. The van der Waals surface area contributed by atoms with Crippen LogP contribution in [0.1, 0.15) is 5.56 Å². The quantitative estimate of drug-likeness (QED) is 0.842. The predicted octanol–water partition coefficient (Wildman–Crippen LogP) is 1.91. The molecule has 1 heterocycles. The topological polar surface area (TPSA) is 85.1 Å². The SMILES string of the molecule is Cc1c(F)cc(N)cc1S(=O)(=O)Nc1ccccn1. The number of nitrogens with one attached hydrogen (secondary N) is 1. The molecule has 0 spiro atoms. The molecule has 0 amide bonds. The number of benzene rings is 1. The van der Waals surface area contributed by atoms with Gasteiger partial charge in [-0.25, -0.2) is 17.8 Å². The first-order valence-corrected chi connectivity index (χ1v) is 6.88. The maximum Gasteiger partial charge on any atom is 0.263 e. The van der Waals surface area contributed by atoms with Crippen molar-refractivity contribution in [3.63, 3.8) is 0 Å². The van der Waals surface area contributed by atoms with Crippen molar-refractivity contribution in [1.29, 1.82) is 0 Å². The largest absolute Gasteiger partial charge is 0.399 e. The molecule has 0 bridgehead atoms. The molecule has 5 nitrogen and oxygen atoms in total. The van der Waals surface area contributed by atoms with Gasteiger partial charge in [-0.15, -0.1) is 0 Å². The van der Waals surface area contributed by atoms with Crippen molar-refractivity contribution in [2.45, 2.75) is 11.8 Å². The zero-order chi connectivity index (χ0) is 14.0. The molecule has 0 atom stereocenters. The highest BCUT2D eigenvalue weighted by Gasteiger charge is 2.20. The molecular formula is C12H12FN3O2S. The minimum atomic E-state index is -3.92. The number of aromatic nitrogens is 1. The molecule has 0 radical (unpaired) electrons. The van der Waals surface area contributed by atoms with Gasteiger partial charge in [0.25, 0.3) is 10.0 Å². The molecule has 0 aliphatic heterocycles. The summed E-state index contributed by atoms with van der Waals surface area (Å²) in [5.41, 5.74) is 5.53. The molecule has 0 saturated carbocycles. The Balaban J connectivity index is 2.46. The van der Waals surface area contributed by atoms with Crippen LogP contribution >= 0.6 is 0 Å². The van der Waals surface area contributed by atoms with Gasteiger partial charge in [0.2, 0.25) is 0 Å². The van der Waals surface area contributed by atoms with Gasteiger partial charge in [-0.05, 0) is 31.2 Å². The van der Waals surface area contributed by atoms with E-state index in [0.29, 0.717) is 0 Å². The van der Waals surface area contributed by atoms with Crippen molar-refractivity contribution < 1.29 is 12.8 Å². The van der Waals surface area contributed by atoms with E-state index in [9.17, 15) is 12.8 Å². The van der Waals surface area contributed by atoms with E-state index in [1.54, 1.807) is 12.1 Å². The van der Waals surface area contributed by atoms with E-state index >= 15 is 0 Å². The molecule has 19 heavy (non-hydrogen) atoms. The minimum Gasteiger partial charge on any atom is -0.399 e. The van der Waals surface area contributed by atoms with Gasteiger partial charge in [0.1, 0.15) is 11.6 Å². The maximum atomic E-state index is 13.5. The molecule has 0 aliphatic carbocycles. The van der Waals surface area contributed by atoms with Gasteiger partial charge in [-0.2, -0.15) is 0 Å². The van der Waals surface area contributed by atoms with Gasteiger partial charge in [0.05, 0.1) is 4.90 Å². The third-order valence-electron chi connectivity index (χ3n) is 2.51. The summed E-state index contributed by atoms with van der Waals surface area (Å²) in [6, 6.07) is 7.08. The van der Waals surface area contributed by atoms with Gasteiger partial charge >= 0.3 is 0 Å². The number of anilines is 2. The summed E-state index contributed by atoms with van der Waals surface area (Å²) >= 11 is 0. The van der Waals surface area contributed by atoms with Crippen LogP contribution in [0.3, 0.4) is 0 Å². The molecule has 1 aromatic heterocycles. The monoisotopic (exact) mass is 281 g/mol. The van der Waals surface area contributed by atoms with Gasteiger partial charge in [0.15, 0.2) is 0 Å². The fraction of sp³-hybridized carbons (Fsp3) is 0.0833. The predicted molar refractivity (Wildman–Crippen MR) is 70.6 cm³/mol. The van der Waals surface area contributed by atoms with Crippen LogP contribution in [-0.2, 0) is 10.0 Å². The molecule has 0 fully saturated rings. The lowest BCUT2D eigenvalue weighted by atomic mass is 10.2. The first-order valence-electron chi connectivity index (χ1n) is 5.39. The highest BCUT2D eigenvalue weighted by Crippen LogP contribution is 2.23. The lowest BCUT2D eigenvalue weighted by Crippen LogP contribution is -2.16. The van der Waals surface area contributed by atoms with Crippen molar-refractivity contribution in [2.75, 3.05) is 10.5 Å². The Morgan fingerprint density at radius 2 is 2.05 bits per heavy atom. The first-order chi connectivity index (χ1) is 8.90. The Morgan fingerprint density at radius 1 is 1.32 bits per heavy atom. The van der Waals surface area contributed by atoms with Crippen molar-refractivity contribution in [1.82, 2.24) is 4.98 Å². The standard InChI is InChI=1S/C12H12FN3O2S/c1-8-10(13)6-9(14)7-11(8)19(17,18)16-12-4-2-3-5-15-12/h2-7H,14H2,1H3,(H,15,16). The Labute approximate surface area is 110 Å². The van der Waals surface area contributed by atoms with Crippen LogP contribution in [0.5, 0.6) is 0 Å². The van der Waals surface area contributed by atoms with E-state index in [2.05, 4.69) is 9.71 Å². The zero-order valence-corrected chi connectivity index (χ0v) is 10.9. The maximum absolute atomic E-state index is 13.5. The number of hydrogen-bond donors (Lipinski definition) is 2. The Hall–Kier alpha value is -2.15. The fourth-order valence-corrected chi connectivity index (χ4v) is 2.87. The van der Waals surface area contributed by atoms with Gasteiger partial charge in [0, 0.05) is 17.4 Å². The molecule has 0 aliphatic rings. The summed E-state index contributed by atoms with van der Waals surface area (Å²) in [4.78, 5) is 3.65. The molecular weight excluding hydrogens is 269 g/mol. The summed E-state index contributed by atoms with van der Waals surface area (Å²) in [7, 11) is -3.92. The molecule has 0 unspecified atom stereocenters. The van der Waals surface area contributed by atoms with Gasteiger partial charge in [-0.1, -0.05) is 6.07 Å². The summed E-state index contributed by atoms with van der Waals surface area (Å²) < 4.78 is 40.1. The number of nitrogen functional groups attached to an aromatic ring is 1. The molecule has 2 rings (SSSR count). The molecule has 2 aromatic rings. The van der Waals surface area contributed by atoms with Gasteiger partial charge in [-0.3, -0.25) is 4.72 Å². The molecule has 3 N–H and O–H groups in total. The first kappa shape index (κ1) is 13.3. The van der Waals surface area contributed by atoms with Crippen LogP contribution in [0.15, 0.2) is 41.4 Å². The molecule has 1 aromatic carbocycles. The van der Waals surface area contributed by atoms with E-state index in [1.807, 2.05) is 0 Å². The molecule has 100 valence electrons. The number of sulfonamides is 1. The zero-order valence-electron chi connectivity index (χ0n) is 10.1. The second-order valence-corrected chi connectivity index (χ2v) is 5.60. The highest BCUT2D eigenvalue weighted by atomic mass is 32.2. The Kier molecular flexibility index (Phi) is 3.39. The molecule has 0 saturated heterocycles. The van der Waals surface area contributed by atoms with Crippen molar-refractivity contribution >= 4 is 21.5 Å². The second-order valence-electron chi connectivity index (χ2n) is 3.95. The van der Waals surface area contributed by atoms with Crippen LogP contribution in [0.4, 0.5) is 15.9 Å². The molecule has 7 heteroatoms. The third kappa shape index (κ3) is 2.82. The summed E-state index contributed by atoms with van der Waals surface area (Å²) in [5, 5.41) is 0.